The van der Waals surface area contributed by atoms with Crippen molar-refractivity contribution >= 4 is 39.2 Å². The summed E-state index contributed by atoms with van der Waals surface area (Å²) in [5.41, 5.74) is 1.17. The van der Waals surface area contributed by atoms with Gasteiger partial charge in [-0.15, -0.1) is 23.1 Å². The molecular formula is C20H29N3O2S2. The summed E-state index contributed by atoms with van der Waals surface area (Å²) in [6.45, 7) is 6.50. The molecule has 0 fully saturated rings. The van der Waals surface area contributed by atoms with Crippen LogP contribution in [0.2, 0.25) is 0 Å². The van der Waals surface area contributed by atoms with E-state index in [1.165, 1.54) is 28.6 Å². The van der Waals surface area contributed by atoms with Gasteiger partial charge in [0.1, 0.15) is 10.7 Å². The Balaban J connectivity index is 1.48. The lowest BCUT2D eigenvalue weighted by Gasteiger charge is -2.14. The second kappa shape index (κ2) is 9.24. The largest absolute Gasteiger partial charge is 0.353 e. The van der Waals surface area contributed by atoms with E-state index in [1.54, 1.807) is 11.3 Å². The van der Waals surface area contributed by atoms with E-state index in [2.05, 4.69) is 36.1 Å². The Hall–Kier alpha value is -1.34. The first-order valence-electron chi connectivity index (χ1n) is 9.84. The highest BCUT2D eigenvalue weighted by Crippen LogP contribution is 2.34. The van der Waals surface area contributed by atoms with E-state index < -0.39 is 0 Å². The summed E-state index contributed by atoms with van der Waals surface area (Å²) >= 11 is 3.15. The molecule has 2 aromatic heterocycles. The lowest BCUT2D eigenvalue weighted by Crippen LogP contribution is -2.33. The number of nitrogens with one attached hydrogen (secondary N) is 2. The first kappa shape index (κ1) is 20.4. The number of thiophene rings is 1. The van der Waals surface area contributed by atoms with E-state index in [9.17, 15) is 9.59 Å². The molecule has 1 atom stereocenters. The van der Waals surface area contributed by atoms with Gasteiger partial charge in [0.05, 0.1) is 16.9 Å². The first-order chi connectivity index (χ1) is 12.9. The van der Waals surface area contributed by atoms with Gasteiger partial charge in [-0.2, -0.15) is 0 Å². The van der Waals surface area contributed by atoms with Crippen LogP contribution >= 0.6 is 23.1 Å². The minimum atomic E-state index is -0.0294. The lowest BCUT2D eigenvalue weighted by atomic mass is 10.0. The highest BCUT2D eigenvalue weighted by atomic mass is 32.2. The number of aromatic amines is 1. The molecule has 0 bridgehead atoms. The minimum Gasteiger partial charge on any atom is -0.353 e. The Morgan fingerprint density at radius 2 is 2.11 bits per heavy atom. The zero-order chi connectivity index (χ0) is 19.4. The van der Waals surface area contributed by atoms with Gasteiger partial charge in [-0.25, -0.2) is 4.98 Å². The fraction of sp³-hybridized carbons (Fsp3) is 0.650. The molecule has 2 heterocycles. The zero-order valence-electron chi connectivity index (χ0n) is 16.4. The van der Waals surface area contributed by atoms with Crippen molar-refractivity contribution in [1.82, 2.24) is 15.3 Å². The molecule has 1 unspecified atom stereocenters. The molecule has 0 saturated carbocycles. The number of aryl methyl sites for hydroxylation is 2. The first-order valence-corrected chi connectivity index (χ1v) is 11.8. The number of hydrogen-bond acceptors (Lipinski definition) is 5. The van der Waals surface area contributed by atoms with Crippen molar-refractivity contribution in [2.24, 2.45) is 5.92 Å². The molecule has 0 aliphatic heterocycles. The zero-order valence-corrected chi connectivity index (χ0v) is 18.0. The molecule has 1 aliphatic carbocycles. The van der Waals surface area contributed by atoms with Crippen molar-refractivity contribution in [1.29, 1.82) is 0 Å². The Morgan fingerprint density at radius 1 is 1.30 bits per heavy atom. The maximum absolute atomic E-state index is 12.4. The summed E-state index contributed by atoms with van der Waals surface area (Å²) < 4.78 is 0. The fourth-order valence-corrected chi connectivity index (χ4v) is 5.56. The van der Waals surface area contributed by atoms with E-state index in [1.807, 2.05) is 0 Å². The van der Waals surface area contributed by atoms with Gasteiger partial charge >= 0.3 is 0 Å². The standard InChI is InChI=1S/C20H29N3O2S2/c1-12(2)6-4-7-13(3)21-17(24)11-26-10-16-22-19(25)18-14-8-5-9-15(14)27-20(18)23-16/h12-13H,4-11H2,1-3H3,(H,21,24)(H,22,23,25). The molecule has 27 heavy (non-hydrogen) atoms. The third-order valence-electron chi connectivity index (χ3n) is 4.92. The number of rotatable bonds is 9. The summed E-state index contributed by atoms with van der Waals surface area (Å²) in [6.07, 6.45) is 6.55. The van der Waals surface area contributed by atoms with Crippen molar-refractivity contribution in [2.45, 2.75) is 71.1 Å². The van der Waals surface area contributed by atoms with Crippen LogP contribution < -0.4 is 10.9 Å². The van der Waals surface area contributed by atoms with Crippen LogP contribution in [0.5, 0.6) is 0 Å². The van der Waals surface area contributed by atoms with Crippen molar-refractivity contribution in [3.63, 3.8) is 0 Å². The number of fused-ring (bicyclic) bond motifs is 3. The number of H-pyrrole nitrogens is 1. The lowest BCUT2D eigenvalue weighted by molar-refractivity contribution is -0.119. The Labute approximate surface area is 168 Å². The summed E-state index contributed by atoms with van der Waals surface area (Å²) in [5, 5.41) is 3.84. The third kappa shape index (κ3) is 5.35. The summed E-state index contributed by atoms with van der Waals surface area (Å²) in [4.78, 5) is 34.2. The second-order valence-corrected chi connectivity index (χ2v) is 9.91. The second-order valence-electron chi connectivity index (χ2n) is 7.84. The van der Waals surface area contributed by atoms with Crippen LogP contribution in [-0.2, 0) is 23.4 Å². The van der Waals surface area contributed by atoms with Gasteiger partial charge in [0.15, 0.2) is 0 Å². The minimum absolute atomic E-state index is 0.0294. The topological polar surface area (TPSA) is 74.8 Å². The van der Waals surface area contributed by atoms with E-state index >= 15 is 0 Å². The molecule has 0 saturated heterocycles. The van der Waals surface area contributed by atoms with Crippen LogP contribution in [0.1, 0.15) is 62.7 Å². The monoisotopic (exact) mass is 407 g/mol. The van der Waals surface area contributed by atoms with Gasteiger partial charge in [-0.05, 0) is 44.1 Å². The third-order valence-corrected chi connectivity index (χ3v) is 7.05. The smallest absolute Gasteiger partial charge is 0.259 e. The predicted octanol–water partition coefficient (Wildman–Crippen LogP) is 4.04. The van der Waals surface area contributed by atoms with Crippen LogP contribution in [-0.4, -0.2) is 27.7 Å². The van der Waals surface area contributed by atoms with Gasteiger partial charge < -0.3 is 10.3 Å². The van der Waals surface area contributed by atoms with Gasteiger partial charge in [0, 0.05) is 10.9 Å². The number of nitrogens with zero attached hydrogens (tertiary/aromatic N) is 1. The summed E-state index contributed by atoms with van der Waals surface area (Å²) in [5.74, 6) is 2.35. The Morgan fingerprint density at radius 3 is 2.89 bits per heavy atom. The van der Waals surface area contributed by atoms with Crippen LogP contribution in [0.4, 0.5) is 0 Å². The molecule has 2 N–H and O–H groups in total. The van der Waals surface area contributed by atoms with E-state index in [0.29, 0.717) is 23.2 Å². The summed E-state index contributed by atoms with van der Waals surface area (Å²) in [6, 6.07) is 0.208. The van der Waals surface area contributed by atoms with Crippen LogP contribution in [0.15, 0.2) is 4.79 Å². The molecule has 7 heteroatoms. The van der Waals surface area contributed by atoms with Crippen LogP contribution in [0.25, 0.3) is 10.2 Å². The van der Waals surface area contributed by atoms with E-state index in [4.69, 9.17) is 0 Å². The van der Waals surface area contributed by atoms with E-state index in [0.717, 1.165) is 42.3 Å². The Bertz CT molecular complexity index is 857. The normalized spacial score (nSPS) is 14.7. The van der Waals surface area contributed by atoms with E-state index in [-0.39, 0.29) is 17.5 Å². The molecule has 2 aromatic rings. The molecule has 0 radical (unpaired) electrons. The number of aromatic nitrogens is 2. The molecule has 0 aromatic carbocycles. The quantitative estimate of drug-likeness (QED) is 0.658. The van der Waals surface area contributed by atoms with Crippen molar-refractivity contribution < 1.29 is 4.79 Å². The number of carbonyl (C=O) groups excluding carboxylic acids is 1. The molecule has 0 spiro atoms. The molecule has 3 rings (SSSR count). The fourth-order valence-electron chi connectivity index (χ4n) is 3.58. The van der Waals surface area contributed by atoms with Crippen molar-refractivity contribution in [2.75, 3.05) is 5.75 Å². The van der Waals surface area contributed by atoms with Crippen LogP contribution in [0.3, 0.4) is 0 Å². The molecule has 1 aliphatic rings. The molecule has 5 nitrogen and oxygen atoms in total. The van der Waals surface area contributed by atoms with Crippen molar-refractivity contribution in [3.05, 3.63) is 26.6 Å². The summed E-state index contributed by atoms with van der Waals surface area (Å²) in [7, 11) is 0. The van der Waals surface area contributed by atoms with Gasteiger partial charge in [-0.1, -0.05) is 26.7 Å². The maximum Gasteiger partial charge on any atom is 0.259 e. The SMILES string of the molecule is CC(C)CCCC(C)NC(=O)CSCc1nc2sc3c(c2c(=O)[nH]1)CCC3. The average molecular weight is 408 g/mol. The van der Waals surface area contributed by atoms with Gasteiger partial charge in [0.25, 0.3) is 5.56 Å². The molecular weight excluding hydrogens is 378 g/mol. The number of amides is 1. The van der Waals surface area contributed by atoms with Gasteiger partial charge in [-0.3, -0.25) is 9.59 Å². The highest BCUT2D eigenvalue weighted by Gasteiger charge is 2.21. The Kier molecular flexibility index (Phi) is 6.98. The van der Waals surface area contributed by atoms with Crippen molar-refractivity contribution in [3.8, 4) is 0 Å². The predicted molar refractivity (Wildman–Crippen MR) is 115 cm³/mol. The maximum atomic E-state index is 12.4. The van der Waals surface area contributed by atoms with Crippen LogP contribution in [0, 0.1) is 5.92 Å². The average Bonchev–Trinajstić information content (AvgIpc) is 3.14. The molecule has 1 amide bonds. The highest BCUT2D eigenvalue weighted by molar-refractivity contribution is 7.99. The van der Waals surface area contributed by atoms with Gasteiger partial charge in [0.2, 0.25) is 5.91 Å². The number of thioether (sulfide) groups is 1. The molecule has 148 valence electrons. The number of hydrogen-bond donors (Lipinski definition) is 2. The number of carbonyl (C=O) groups is 1.